The van der Waals surface area contributed by atoms with Gasteiger partial charge in [0.05, 0.1) is 0 Å². The number of rotatable bonds is 3. The molecular weight excluding hydrogens is 102 g/mol. The first-order valence-electron chi connectivity index (χ1n) is 2.82. The highest BCUT2D eigenvalue weighted by atomic mass is 15.0. The zero-order chi connectivity index (χ0) is 6.41. The fourth-order valence-corrected chi connectivity index (χ4v) is 0.393. The van der Waals surface area contributed by atoms with Crippen molar-refractivity contribution >= 4 is 5.96 Å². The number of guanidine groups is 1. The summed E-state index contributed by atoms with van der Waals surface area (Å²) in [5.74, 6) is -0.182. The lowest BCUT2D eigenvalue weighted by Crippen LogP contribution is -2.32. The predicted octanol–water partition coefficient (Wildman–Crippen LogP) is -0.509. The average molecular weight is 114 g/mol. The molecule has 0 rings (SSSR count). The second kappa shape index (κ2) is 4.43. The second-order valence-corrected chi connectivity index (χ2v) is 1.67. The van der Waals surface area contributed by atoms with Crippen LogP contribution in [0.5, 0.6) is 0 Å². The van der Waals surface area contributed by atoms with Crippen LogP contribution in [-0.4, -0.2) is 12.5 Å². The number of hydrogen-bond donors (Lipinski definition) is 2. The van der Waals surface area contributed by atoms with Gasteiger partial charge in [0.2, 0.25) is 5.96 Å². The number of nitrogens with zero attached hydrogens (tertiary/aromatic N) is 1. The van der Waals surface area contributed by atoms with Gasteiger partial charge in [-0.2, -0.15) is 0 Å². The van der Waals surface area contributed by atoms with Gasteiger partial charge in [0.15, 0.2) is 0 Å². The van der Waals surface area contributed by atoms with Gasteiger partial charge in [-0.1, -0.05) is 13.3 Å². The van der Waals surface area contributed by atoms with Crippen LogP contribution >= 0.6 is 0 Å². The topological polar surface area (TPSA) is 60.3 Å². The first-order chi connectivity index (χ1) is 3.77. The van der Waals surface area contributed by atoms with Gasteiger partial charge < -0.3 is 11.1 Å². The molecule has 3 nitrogen and oxygen atoms in total. The van der Waals surface area contributed by atoms with Crippen molar-refractivity contribution in [1.29, 1.82) is 0 Å². The Bertz CT molecular complexity index is 70.1. The summed E-state index contributed by atoms with van der Waals surface area (Å²) in [6.45, 7) is 2.84. The molecule has 8 heavy (non-hydrogen) atoms. The molecule has 0 atom stereocenters. The summed E-state index contributed by atoms with van der Waals surface area (Å²) in [6, 6.07) is 0. The third-order valence-electron chi connectivity index (χ3n) is 0.836. The van der Waals surface area contributed by atoms with E-state index in [-0.39, 0.29) is 5.96 Å². The first kappa shape index (κ1) is 7.27. The minimum absolute atomic E-state index is 0.182. The van der Waals surface area contributed by atoms with Gasteiger partial charge in [-0.25, -0.2) is 0 Å². The van der Waals surface area contributed by atoms with Crippen LogP contribution in [0, 0.1) is 0 Å². The molecule has 0 aromatic carbocycles. The van der Waals surface area contributed by atoms with Crippen molar-refractivity contribution in [2.24, 2.45) is 5.73 Å². The maximum absolute atomic E-state index is 8.36. The lowest BCUT2D eigenvalue weighted by atomic mass is 10.3. The molecule has 0 saturated carbocycles. The van der Waals surface area contributed by atoms with Gasteiger partial charge in [0, 0.05) is 6.54 Å². The van der Waals surface area contributed by atoms with E-state index in [4.69, 9.17) is 11.1 Å². The van der Waals surface area contributed by atoms with E-state index in [1.54, 1.807) is 0 Å². The summed E-state index contributed by atoms with van der Waals surface area (Å²) in [5.41, 5.74) is 4.89. The molecule has 0 aliphatic carbocycles. The third kappa shape index (κ3) is 5.27. The summed E-state index contributed by atoms with van der Waals surface area (Å²) in [4.78, 5) is 0. The minimum atomic E-state index is -0.182. The highest BCUT2D eigenvalue weighted by Crippen LogP contribution is 1.80. The summed E-state index contributed by atoms with van der Waals surface area (Å²) in [5, 5.41) is 11.0. The van der Waals surface area contributed by atoms with E-state index in [1.807, 2.05) is 0 Å². The van der Waals surface area contributed by atoms with Crippen molar-refractivity contribution in [2.45, 2.75) is 19.8 Å². The predicted molar refractivity (Wildman–Crippen MR) is 34.2 cm³/mol. The molecule has 0 amide bonds. The Kier molecular flexibility index (Phi) is 4.03. The molecule has 0 aromatic rings. The Morgan fingerprint density at radius 2 is 2.38 bits per heavy atom. The van der Waals surface area contributed by atoms with Crippen molar-refractivity contribution in [2.75, 3.05) is 6.54 Å². The fraction of sp³-hybridized carbons (Fsp3) is 0.800. The third-order valence-corrected chi connectivity index (χ3v) is 0.836. The smallest absolute Gasteiger partial charge is 0.213 e. The van der Waals surface area contributed by atoms with E-state index in [0.717, 1.165) is 19.4 Å². The molecule has 0 spiro atoms. The Morgan fingerprint density at radius 1 is 1.75 bits per heavy atom. The average Bonchev–Trinajstić information content (AvgIpc) is 1.66. The molecule has 0 heterocycles. The van der Waals surface area contributed by atoms with Gasteiger partial charge in [-0.3, -0.25) is 0 Å². The maximum Gasteiger partial charge on any atom is 0.213 e. The van der Waals surface area contributed by atoms with Crippen LogP contribution in [0.2, 0.25) is 0 Å². The van der Waals surface area contributed by atoms with Crippen LogP contribution in [0.25, 0.3) is 0 Å². The molecular formula is C5H12N3. The summed E-state index contributed by atoms with van der Waals surface area (Å²) in [7, 11) is 0. The van der Waals surface area contributed by atoms with E-state index < -0.39 is 0 Å². The number of unbranched alkanes of at least 4 members (excludes halogenated alkanes) is 1. The molecule has 3 N–H and O–H groups in total. The van der Waals surface area contributed by atoms with Crippen LogP contribution in [0.3, 0.4) is 0 Å². The van der Waals surface area contributed by atoms with E-state index >= 15 is 0 Å². The van der Waals surface area contributed by atoms with E-state index in [1.165, 1.54) is 0 Å². The largest absolute Gasteiger partial charge is 0.368 e. The van der Waals surface area contributed by atoms with Gasteiger partial charge >= 0.3 is 0 Å². The van der Waals surface area contributed by atoms with Crippen molar-refractivity contribution in [3.05, 3.63) is 0 Å². The first-order valence-corrected chi connectivity index (χ1v) is 2.82. The molecule has 0 bridgehead atoms. The zero-order valence-electron chi connectivity index (χ0n) is 5.15. The van der Waals surface area contributed by atoms with E-state index in [9.17, 15) is 0 Å². The quantitative estimate of drug-likeness (QED) is 0.295. The molecule has 0 aromatic heterocycles. The Morgan fingerprint density at radius 3 is 2.75 bits per heavy atom. The highest BCUT2D eigenvalue weighted by molar-refractivity contribution is 5.75. The van der Waals surface area contributed by atoms with Crippen molar-refractivity contribution in [3.63, 3.8) is 0 Å². The zero-order valence-corrected chi connectivity index (χ0v) is 5.15. The standard InChI is InChI=1S/C5H12N3/c1-2-3-4-8-5(6)7/h8H,2-4,6H2,1H3. The van der Waals surface area contributed by atoms with E-state index in [2.05, 4.69) is 12.2 Å². The fourth-order valence-electron chi connectivity index (χ4n) is 0.393. The van der Waals surface area contributed by atoms with Crippen LogP contribution in [0.4, 0.5) is 0 Å². The van der Waals surface area contributed by atoms with Gasteiger partial charge in [0.25, 0.3) is 0 Å². The molecule has 3 heteroatoms. The Labute approximate surface area is 49.8 Å². The van der Waals surface area contributed by atoms with Crippen molar-refractivity contribution in [3.8, 4) is 0 Å². The highest BCUT2D eigenvalue weighted by Gasteiger charge is 1.83. The Hall–Kier alpha value is -0.730. The maximum atomic E-state index is 8.36. The molecule has 47 valence electrons. The monoisotopic (exact) mass is 114 g/mol. The van der Waals surface area contributed by atoms with Gasteiger partial charge in [-0.15, -0.1) is 5.41 Å². The molecule has 0 aliphatic heterocycles. The van der Waals surface area contributed by atoms with Crippen molar-refractivity contribution < 1.29 is 0 Å². The van der Waals surface area contributed by atoms with Crippen LogP contribution in [-0.2, 0) is 0 Å². The molecule has 0 unspecified atom stereocenters. The lowest BCUT2D eigenvalue weighted by Gasteiger charge is -1.97. The number of nitrogens with two attached hydrogens (primary N) is 1. The second-order valence-electron chi connectivity index (χ2n) is 1.67. The van der Waals surface area contributed by atoms with Crippen LogP contribution < -0.4 is 16.5 Å². The number of nitrogens with one attached hydrogen (secondary N) is 1. The summed E-state index contributed by atoms with van der Waals surface area (Å²) < 4.78 is 0. The molecule has 1 radical (unpaired) electrons. The number of hydrogen-bond acceptors (Lipinski definition) is 0. The minimum Gasteiger partial charge on any atom is -0.368 e. The van der Waals surface area contributed by atoms with Gasteiger partial charge in [0.1, 0.15) is 0 Å². The van der Waals surface area contributed by atoms with Crippen LogP contribution in [0.1, 0.15) is 19.8 Å². The normalized spacial score (nSPS) is 8.62. The summed E-state index contributed by atoms with van der Waals surface area (Å²) in [6.07, 6.45) is 2.15. The van der Waals surface area contributed by atoms with Crippen LogP contribution in [0.15, 0.2) is 0 Å². The Balaban J connectivity index is 2.82. The molecule has 0 fully saturated rings. The van der Waals surface area contributed by atoms with Gasteiger partial charge in [-0.05, 0) is 6.42 Å². The SMILES string of the molecule is CCCCNC(=[N])N. The lowest BCUT2D eigenvalue weighted by molar-refractivity contribution is 0.752. The van der Waals surface area contributed by atoms with E-state index in [0.29, 0.717) is 0 Å². The molecule has 0 aliphatic rings. The molecule has 0 saturated heterocycles. The summed E-state index contributed by atoms with van der Waals surface area (Å²) >= 11 is 0. The van der Waals surface area contributed by atoms with Crippen molar-refractivity contribution in [1.82, 2.24) is 10.7 Å².